The maximum Gasteiger partial charge on any atom is -0.00425 e. The van der Waals surface area contributed by atoms with Gasteiger partial charge in [-0.25, -0.2) is 0 Å². The standard InChI is InChI=1S/C18H21N/c1-14-9-10-18(15(2)12-14)17-8-5-7-16(13-17)6-3-4-11-19/h3,5-10,12-13H,4,11,19H2,1-2H3/b6-3+. The quantitative estimate of drug-likeness (QED) is 0.859. The highest BCUT2D eigenvalue weighted by molar-refractivity contribution is 5.70. The van der Waals surface area contributed by atoms with E-state index in [1.807, 2.05) is 0 Å². The van der Waals surface area contributed by atoms with Crippen LogP contribution in [0.15, 0.2) is 48.5 Å². The van der Waals surface area contributed by atoms with Gasteiger partial charge in [0.1, 0.15) is 0 Å². The summed E-state index contributed by atoms with van der Waals surface area (Å²) in [5.41, 5.74) is 11.9. The smallest absolute Gasteiger partial charge is 0.00425 e. The largest absolute Gasteiger partial charge is 0.330 e. The minimum absolute atomic E-state index is 0.702. The van der Waals surface area contributed by atoms with Crippen molar-refractivity contribution < 1.29 is 0 Å². The minimum atomic E-state index is 0.702. The first kappa shape index (κ1) is 13.6. The summed E-state index contributed by atoms with van der Waals surface area (Å²) in [5.74, 6) is 0. The lowest BCUT2D eigenvalue weighted by molar-refractivity contribution is 1.01. The Kier molecular flexibility index (Phi) is 4.53. The molecule has 0 saturated heterocycles. The molecule has 2 rings (SSSR count). The van der Waals surface area contributed by atoms with Gasteiger partial charge in [0.05, 0.1) is 0 Å². The molecule has 0 spiro atoms. The zero-order valence-electron chi connectivity index (χ0n) is 11.7. The number of hydrogen-bond donors (Lipinski definition) is 1. The second-order valence-electron chi connectivity index (χ2n) is 4.92. The molecule has 0 radical (unpaired) electrons. The Bertz CT molecular complexity index is 582. The molecule has 0 saturated carbocycles. The molecule has 2 aromatic carbocycles. The van der Waals surface area contributed by atoms with E-state index in [1.54, 1.807) is 0 Å². The van der Waals surface area contributed by atoms with Crippen molar-refractivity contribution in [1.29, 1.82) is 0 Å². The van der Waals surface area contributed by atoms with Crippen LogP contribution in [0.3, 0.4) is 0 Å². The molecule has 0 fully saturated rings. The maximum atomic E-state index is 5.50. The Balaban J connectivity index is 2.32. The van der Waals surface area contributed by atoms with Gasteiger partial charge in [0.15, 0.2) is 0 Å². The first-order valence-electron chi connectivity index (χ1n) is 6.75. The summed E-state index contributed by atoms with van der Waals surface area (Å²) in [6.45, 7) is 5.00. The molecular formula is C18H21N. The van der Waals surface area contributed by atoms with Gasteiger partial charge in [0, 0.05) is 0 Å². The third-order valence-electron chi connectivity index (χ3n) is 3.22. The van der Waals surface area contributed by atoms with Crippen LogP contribution in [0.5, 0.6) is 0 Å². The highest BCUT2D eigenvalue weighted by Crippen LogP contribution is 2.25. The molecule has 0 unspecified atom stereocenters. The molecule has 98 valence electrons. The van der Waals surface area contributed by atoms with E-state index in [0.717, 1.165) is 6.42 Å². The van der Waals surface area contributed by atoms with Gasteiger partial charge in [0.25, 0.3) is 0 Å². The van der Waals surface area contributed by atoms with E-state index >= 15 is 0 Å². The van der Waals surface area contributed by atoms with E-state index in [0.29, 0.717) is 6.54 Å². The summed E-state index contributed by atoms with van der Waals surface area (Å²) in [6.07, 6.45) is 5.19. The Labute approximate surface area is 115 Å². The lowest BCUT2D eigenvalue weighted by Gasteiger charge is -2.08. The number of benzene rings is 2. The predicted octanol–water partition coefficient (Wildman–Crippen LogP) is 4.33. The van der Waals surface area contributed by atoms with E-state index < -0.39 is 0 Å². The van der Waals surface area contributed by atoms with Crippen LogP contribution in [0.1, 0.15) is 23.1 Å². The molecule has 0 aliphatic rings. The van der Waals surface area contributed by atoms with E-state index in [-0.39, 0.29) is 0 Å². The van der Waals surface area contributed by atoms with Crippen molar-refractivity contribution in [3.05, 3.63) is 65.2 Å². The molecule has 2 N–H and O–H groups in total. The lowest BCUT2D eigenvalue weighted by atomic mass is 9.97. The van der Waals surface area contributed by atoms with Gasteiger partial charge >= 0.3 is 0 Å². The van der Waals surface area contributed by atoms with Crippen molar-refractivity contribution in [1.82, 2.24) is 0 Å². The van der Waals surface area contributed by atoms with Crippen LogP contribution in [0.2, 0.25) is 0 Å². The van der Waals surface area contributed by atoms with Gasteiger partial charge in [-0.05, 0) is 55.1 Å². The summed E-state index contributed by atoms with van der Waals surface area (Å²) in [5, 5.41) is 0. The monoisotopic (exact) mass is 251 g/mol. The minimum Gasteiger partial charge on any atom is -0.330 e. The molecule has 0 atom stereocenters. The van der Waals surface area contributed by atoms with Gasteiger partial charge in [0.2, 0.25) is 0 Å². The first-order chi connectivity index (χ1) is 9.20. The van der Waals surface area contributed by atoms with Crippen molar-refractivity contribution >= 4 is 6.08 Å². The molecule has 0 aliphatic carbocycles. The number of nitrogens with two attached hydrogens (primary N) is 1. The lowest BCUT2D eigenvalue weighted by Crippen LogP contribution is -1.94. The van der Waals surface area contributed by atoms with E-state index in [4.69, 9.17) is 5.73 Å². The van der Waals surface area contributed by atoms with Crippen LogP contribution < -0.4 is 5.73 Å². The Morgan fingerprint density at radius 2 is 1.89 bits per heavy atom. The third kappa shape index (κ3) is 3.55. The zero-order valence-corrected chi connectivity index (χ0v) is 11.7. The van der Waals surface area contributed by atoms with Gasteiger partial charge < -0.3 is 5.73 Å². The normalized spacial score (nSPS) is 11.1. The molecule has 0 heterocycles. The summed E-state index contributed by atoms with van der Waals surface area (Å²) < 4.78 is 0. The topological polar surface area (TPSA) is 26.0 Å². The summed E-state index contributed by atoms with van der Waals surface area (Å²) >= 11 is 0. The fourth-order valence-electron chi connectivity index (χ4n) is 2.26. The SMILES string of the molecule is Cc1ccc(-c2cccc(/C=C/CCN)c2)c(C)c1. The number of rotatable bonds is 4. The molecule has 2 aromatic rings. The van der Waals surface area contributed by atoms with Crippen LogP contribution in [0.4, 0.5) is 0 Å². The Morgan fingerprint density at radius 3 is 2.63 bits per heavy atom. The molecular weight excluding hydrogens is 230 g/mol. The summed E-state index contributed by atoms with van der Waals surface area (Å²) in [6, 6.07) is 15.2. The fourth-order valence-corrected chi connectivity index (χ4v) is 2.26. The highest BCUT2D eigenvalue weighted by atomic mass is 14.5. The maximum absolute atomic E-state index is 5.50. The summed E-state index contributed by atoms with van der Waals surface area (Å²) in [4.78, 5) is 0. The zero-order chi connectivity index (χ0) is 13.7. The molecule has 0 aromatic heterocycles. The van der Waals surface area contributed by atoms with E-state index in [2.05, 4.69) is 68.5 Å². The van der Waals surface area contributed by atoms with Gasteiger partial charge in [-0.2, -0.15) is 0 Å². The van der Waals surface area contributed by atoms with Crippen molar-refractivity contribution in [2.75, 3.05) is 6.54 Å². The van der Waals surface area contributed by atoms with E-state index in [1.165, 1.54) is 27.8 Å². The fraction of sp³-hybridized carbons (Fsp3) is 0.222. The summed E-state index contributed by atoms with van der Waals surface area (Å²) in [7, 11) is 0. The third-order valence-corrected chi connectivity index (χ3v) is 3.22. The highest BCUT2D eigenvalue weighted by Gasteiger charge is 2.02. The van der Waals surface area contributed by atoms with Gasteiger partial charge in [-0.3, -0.25) is 0 Å². The van der Waals surface area contributed by atoms with Crippen molar-refractivity contribution in [2.45, 2.75) is 20.3 Å². The molecule has 0 aliphatic heterocycles. The van der Waals surface area contributed by atoms with Gasteiger partial charge in [-0.1, -0.05) is 54.1 Å². The molecule has 1 heteroatoms. The first-order valence-corrected chi connectivity index (χ1v) is 6.75. The van der Waals surface area contributed by atoms with Crippen LogP contribution in [-0.4, -0.2) is 6.54 Å². The van der Waals surface area contributed by atoms with Crippen molar-refractivity contribution in [2.24, 2.45) is 5.73 Å². The second-order valence-corrected chi connectivity index (χ2v) is 4.92. The second kappa shape index (κ2) is 6.35. The number of aryl methyl sites for hydroxylation is 2. The van der Waals surface area contributed by atoms with E-state index in [9.17, 15) is 0 Å². The van der Waals surface area contributed by atoms with Gasteiger partial charge in [-0.15, -0.1) is 0 Å². The van der Waals surface area contributed by atoms with Crippen molar-refractivity contribution in [3.8, 4) is 11.1 Å². The van der Waals surface area contributed by atoms with Crippen molar-refractivity contribution in [3.63, 3.8) is 0 Å². The molecule has 0 amide bonds. The van der Waals surface area contributed by atoms with Crippen LogP contribution >= 0.6 is 0 Å². The van der Waals surface area contributed by atoms with Crippen LogP contribution in [0.25, 0.3) is 17.2 Å². The predicted molar refractivity (Wildman–Crippen MR) is 84.1 cm³/mol. The molecule has 1 nitrogen and oxygen atoms in total. The van der Waals surface area contributed by atoms with Crippen LogP contribution in [-0.2, 0) is 0 Å². The average molecular weight is 251 g/mol. The Morgan fingerprint density at radius 1 is 1.05 bits per heavy atom. The van der Waals surface area contributed by atoms with Crippen LogP contribution in [0, 0.1) is 13.8 Å². The molecule has 0 bridgehead atoms. The Hall–Kier alpha value is -1.86. The molecule has 19 heavy (non-hydrogen) atoms. The number of hydrogen-bond acceptors (Lipinski definition) is 1. The average Bonchev–Trinajstić information content (AvgIpc) is 2.39.